The average Bonchev–Trinajstić information content (AvgIpc) is 2.61. The van der Waals surface area contributed by atoms with Crippen LogP contribution in [-0.4, -0.2) is 76.7 Å². The zero-order chi connectivity index (χ0) is 21.9. The zero-order valence-electron chi connectivity index (χ0n) is 16.7. The average molecular weight is 421 g/mol. The smallest absolute Gasteiger partial charge is 0.326 e. The minimum absolute atomic E-state index is 0.203. The molecule has 0 radical (unpaired) electrons. The highest BCUT2D eigenvalue weighted by Crippen LogP contribution is 2.03. The van der Waals surface area contributed by atoms with Gasteiger partial charge in [0.05, 0.1) is 12.6 Å². The lowest BCUT2D eigenvalue weighted by Gasteiger charge is -2.22. The molecule has 0 saturated heterocycles. The molecule has 0 bridgehead atoms. The van der Waals surface area contributed by atoms with E-state index in [0.29, 0.717) is 12.2 Å². The van der Waals surface area contributed by atoms with Crippen LogP contribution in [0.4, 0.5) is 0 Å². The van der Waals surface area contributed by atoms with Crippen LogP contribution < -0.4 is 21.7 Å². The van der Waals surface area contributed by atoms with Crippen LogP contribution in [0.3, 0.4) is 0 Å². The number of carboxylic acids is 1. The molecule has 0 rings (SSSR count). The van der Waals surface area contributed by atoms with Crippen molar-refractivity contribution >= 4 is 35.5 Å². The van der Waals surface area contributed by atoms with Gasteiger partial charge in [-0.2, -0.15) is 11.8 Å². The van der Waals surface area contributed by atoms with Gasteiger partial charge in [-0.15, -0.1) is 0 Å². The molecule has 162 valence electrons. The molecule has 3 amide bonds. The minimum Gasteiger partial charge on any atom is -0.480 e. The Morgan fingerprint density at radius 2 is 1.54 bits per heavy atom. The molecule has 4 unspecified atom stereocenters. The molecule has 10 nitrogen and oxygen atoms in total. The number of aliphatic hydroxyl groups is 1. The molecule has 0 aliphatic rings. The number of nitrogens with two attached hydrogens (primary N) is 1. The molecule has 0 heterocycles. The van der Waals surface area contributed by atoms with E-state index in [2.05, 4.69) is 16.0 Å². The Morgan fingerprint density at radius 3 is 2.00 bits per heavy atom. The van der Waals surface area contributed by atoms with Crippen molar-refractivity contribution in [3.63, 3.8) is 0 Å². The monoisotopic (exact) mass is 420 g/mol. The van der Waals surface area contributed by atoms with Crippen LogP contribution in [0.1, 0.15) is 33.6 Å². The van der Waals surface area contributed by atoms with Gasteiger partial charge >= 0.3 is 5.97 Å². The molecule has 0 aliphatic heterocycles. The summed E-state index contributed by atoms with van der Waals surface area (Å²) in [6, 6.07) is -4.22. The fourth-order valence-corrected chi connectivity index (χ4v) is 2.73. The Kier molecular flexibility index (Phi) is 12.5. The Morgan fingerprint density at radius 1 is 0.964 bits per heavy atom. The molecule has 0 aliphatic carbocycles. The molecule has 0 fully saturated rings. The summed E-state index contributed by atoms with van der Waals surface area (Å²) in [6.45, 7) is 4.52. The molecule has 11 heteroatoms. The van der Waals surface area contributed by atoms with Crippen LogP contribution in [0.25, 0.3) is 0 Å². The van der Waals surface area contributed by atoms with Gasteiger partial charge in [-0.3, -0.25) is 14.4 Å². The van der Waals surface area contributed by atoms with Crippen LogP contribution in [0.15, 0.2) is 0 Å². The molecule has 28 heavy (non-hydrogen) atoms. The van der Waals surface area contributed by atoms with Gasteiger partial charge in [-0.05, 0) is 37.7 Å². The number of carboxylic acid groups (broad SMARTS) is 1. The molecule has 4 atom stereocenters. The lowest BCUT2D eigenvalue weighted by molar-refractivity contribution is -0.142. The summed E-state index contributed by atoms with van der Waals surface area (Å²) in [4.78, 5) is 47.6. The Balaban J connectivity index is 4.77. The maximum Gasteiger partial charge on any atom is 0.326 e. The van der Waals surface area contributed by atoms with Crippen molar-refractivity contribution in [1.29, 1.82) is 0 Å². The third-order valence-electron chi connectivity index (χ3n) is 3.85. The third-order valence-corrected chi connectivity index (χ3v) is 4.50. The van der Waals surface area contributed by atoms with E-state index in [-0.39, 0.29) is 12.3 Å². The van der Waals surface area contributed by atoms with Gasteiger partial charge in [0.25, 0.3) is 0 Å². The predicted octanol–water partition coefficient (Wildman–Crippen LogP) is -1.34. The van der Waals surface area contributed by atoms with E-state index >= 15 is 0 Å². The van der Waals surface area contributed by atoms with Gasteiger partial charge in [0.15, 0.2) is 0 Å². The normalized spacial score (nSPS) is 15.2. The van der Waals surface area contributed by atoms with Crippen molar-refractivity contribution in [2.75, 3.05) is 18.6 Å². The highest BCUT2D eigenvalue weighted by Gasteiger charge is 2.28. The number of rotatable bonds is 13. The van der Waals surface area contributed by atoms with E-state index in [0.717, 1.165) is 0 Å². The fraction of sp³-hybridized carbons (Fsp3) is 0.765. The first-order valence-corrected chi connectivity index (χ1v) is 10.4. The number of carbonyl (C=O) groups excluding carboxylic acids is 3. The van der Waals surface area contributed by atoms with Gasteiger partial charge in [0, 0.05) is 0 Å². The van der Waals surface area contributed by atoms with Crippen molar-refractivity contribution in [3.05, 3.63) is 0 Å². The summed E-state index contributed by atoms with van der Waals surface area (Å²) < 4.78 is 0. The summed E-state index contributed by atoms with van der Waals surface area (Å²) in [5.74, 6) is -2.49. The van der Waals surface area contributed by atoms with E-state index in [9.17, 15) is 24.3 Å². The van der Waals surface area contributed by atoms with Crippen molar-refractivity contribution in [2.45, 2.75) is 57.8 Å². The summed E-state index contributed by atoms with van der Waals surface area (Å²) in [5.41, 5.74) is 5.76. The first kappa shape index (κ1) is 26.1. The molecule has 0 aromatic heterocycles. The largest absolute Gasteiger partial charge is 0.480 e. The molecular formula is C17H32N4O6S. The number of nitrogens with one attached hydrogen (secondary N) is 3. The van der Waals surface area contributed by atoms with Crippen molar-refractivity contribution in [3.8, 4) is 0 Å². The molecule has 0 aromatic rings. The van der Waals surface area contributed by atoms with Crippen LogP contribution in [0.5, 0.6) is 0 Å². The van der Waals surface area contributed by atoms with Gasteiger partial charge < -0.3 is 31.9 Å². The molecule has 0 aromatic carbocycles. The SMILES string of the molecule is CSCCC(NC(=O)C(CO)NC(=O)C(C)NC(=O)C(N)CC(C)C)C(=O)O. The lowest BCUT2D eigenvalue weighted by atomic mass is 10.0. The standard InChI is InChI=1S/C17H32N4O6S/c1-9(2)7-11(18)15(24)19-10(3)14(23)21-13(8-22)16(25)20-12(17(26)27)5-6-28-4/h9-13,22H,5-8,18H2,1-4H3,(H,19,24)(H,20,25)(H,21,23)(H,26,27). The van der Waals surface area contributed by atoms with Crippen LogP contribution >= 0.6 is 11.8 Å². The molecule has 7 N–H and O–H groups in total. The zero-order valence-corrected chi connectivity index (χ0v) is 17.5. The second-order valence-corrected chi connectivity index (χ2v) is 7.88. The van der Waals surface area contributed by atoms with Gasteiger partial charge in [0.1, 0.15) is 18.1 Å². The van der Waals surface area contributed by atoms with E-state index in [1.165, 1.54) is 18.7 Å². The number of aliphatic hydroxyl groups excluding tert-OH is 1. The minimum atomic E-state index is -1.34. The Labute approximate surface area is 169 Å². The fourth-order valence-electron chi connectivity index (χ4n) is 2.26. The van der Waals surface area contributed by atoms with Crippen molar-refractivity contribution in [1.82, 2.24) is 16.0 Å². The predicted molar refractivity (Wildman–Crippen MR) is 107 cm³/mol. The number of thioether (sulfide) groups is 1. The highest BCUT2D eigenvalue weighted by molar-refractivity contribution is 7.98. The first-order chi connectivity index (χ1) is 13.0. The number of amides is 3. The number of carbonyl (C=O) groups is 4. The van der Waals surface area contributed by atoms with Crippen LogP contribution in [0.2, 0.25) is 0 Å². The first-order valence-electron chi connectivity index (χ1n) is 9.02. The topological polar surface area (TPSA) is 171 Å². The van der Waals surface area contributed by atoms with Gasteiger partial charge in [-0.1, -0.05) is 13.8 Å². The van der Waals surface area contributed by atoms with E-state index in [4.69, 9.17) is 10.8 Å². The van der Waals surface area contributed by atoms with E-state index in [1.807, 2.05) is 13.8 Å². The van der Waals surface area contributed by atoms with Crippen molar-refractivity contribution < 1.29 is 29.4 Å². The van der Waals surface area contributed by atoms with Crippen molar-refractivity contribution in [2.24, 2.45) is 11.7 Å². The number of aliphatic carboxylic acids is 1. The van der Waals surface area contributed by atoms with E-state index in [1.54, 1.807) is 6.26 Å². The maximum absolute atomic E-state index is 12.2. The second kappa shape index (κ2) is 13.3. The number of hydrogen-bond donors (Lipinski definition) is 6. The third kappa shape index (κ3) is 9.90. The summed E-state index contributed by atoms with van der Waals surface area (Å²) in [6.07, 6.45) is 2.46. The van der Waals surface area contributed by atoms with Gasteiger partial charge in [0.2, 0.25) is 17.7 Å². The molecule has 0 saturated carbocycles. The van der Waals surface area contributed by atoms with Crippen LogP contribution in [-0.2, 0) is 19.2 Å². The highest BCUT2D eigenvalue weighted by atomic mass is 32.2. The Bertz CT molecular complexity index is 546. The molecule has 0 spiro atoms. The maximum atomic E-state index is 12.2. The molecular weight excluding hydrogens is 388 g/mol. The summed E-state index contributed by atoms with van der Waals surface area (Å²) in [7, 11) is 0. The van der Waals surface area contributed by atoms with Gasteiger partial charge in [-0.25, -0.2) is 4.79 Å². The summed E-state index contributed by atoms with van der Waals surface area (Å²) >= 11 is 1.43. The van der Waals surface area contributed by atoms with Crippen LogP contribution in [0, 0.1) is 5.92 Å². The quantitative estimate of drug-likeness (QED) is 0.213. The Hall–Kier alpha value is -1.85. The second-order valence-electron chi connectivity index (χ2n) is 6.89. The van der Waals surface area contributed by atoms with E-state index < -0.39 is 54.5 Å². The summed E-state index contributed by atoms with van der Waals surface area (Å²) in [5, 5.41) is 25.6. The lowest BCUT2D eigenvalue weighted by Crippen LogP contribution is -2.57. The number of hydrogen-bond acceptors (Lipinski definition) is 7.